The summed E-state index contributed by atoms with van der Waals surface area (Å²) in [6, 6.07) is 0. The fourth-order valence-corrected chi connectivity index (χ4v) is 2.36. The van der Waals surface area contributed by atoms with Crippen LogP contribution in [0.2, 0.25) is 0 Å². The number of pyridine rings is 1. The fourth-order valence-electron chi connectivity index (χ4n) is 1.82. The molecule has 2 rings (SSSR count). The fraction of sp³-hybridized carbons (Fsp3) is 0.500. The molecule has 17 heavy (non-hydrogen) atoms. The second-order valence-electron chi connectivity index (χ2n) is 3.71. The molecule has 0 fully saturated rings. The molecule has 0 aromatic carbocycles. The molecule has 100 valence electrons. The Balaban J connectivity index is 0. The number of rotatable bonds is 1. The third kappa shape index (κ3) is 4.45. The Morgan fingerprint density at radius 1 is 1.24 bits per heavy atom. The minimum Gasteiger partial charge on any atom is -0.362 e. The van der Waals surface area contributed by atoms with Gasteiger partial charge in [0.1, 0.15) is 5.82 Å². The van der Waals surface area contributed by atoms with Gasteiger partial charge in [-0.15, -0.1) is 50.9 Å². The molecular formula is C10H17Br4N3. The van der Waals surface area contributed by atoms with Gasteiger partial charge >= 0.3 is 0 Å². The number of hydrogen-bond acceptors (Lipinski definition) is 3. The third-order valence-corrected chi connectivity index (χ3v) is 3.18. The van der Waals surface area contributed by atoms with Crippen molar-refractivity contribution in [1.29, 1.82) is 0 Å². The van der Waals surface area contributed by atoms with E-state index in [2.05, 4.69) is 31.1 Å². The lowest BCUT2D eigenvalue weighted by Gasteiger charge is -2.24. The predicted octanol–water partition coefficient (Wildman–Crippen LogP) is 3.29. The van der Waals surface area contributed by atoms with Crippen molar-refractivity contribution in [3.8, 4) is 0 Å². The van der Waals surface area contributed by atoms with Gasteiger partial charge in [0, 0.05) is 36.9 Å². The molecule has 0 bridgehead atoms. The first-order valence-corrected chi connectivity index (χ1v) is 5.53. The smallest absolute Gasteiger partial charge is 0.132 e. The molecule has 2 heterocycles. The molecule has 0 unspecified atom stereocenters. The van der Waals surface area contributed by atoms with Crippen LogP contribution in [-0.4, -0.2) is 25.6 Å². The summed E-state index contributed by atoms with van der Waals surface area (Å²) in [5, 5.41) is 3.38. The van der Waals surface area contributed by atoms with E-state index in [1.807, 2.05) is 20.3 Å². The number of aromatic nitrogens is 1. The first kappa shape index (κ1) is 20.2. The molecule has 1 aliphatic rings. The van der Waals surface area contributed by atoms with Crippen molar-refractivity contribution in [2.45, 2.75) is 13.0 Å². The van der Waals surface area contributed by atoms with Crippen LogP contribution in [0.4, 0.5) is 5.82 Å². The highest BCUT2D eigenvalue weighted by atomic mass is 79.9. The first-order valence-electron chi connectivity index (χ1n) is 4.74. The first-order chi connectivity index (χ1) is 6.70. The summed E-state index contributed by atoms with van der Waals surface area (Å²) in [6.45, 7) is 1.98. The van der Waals surface area contributed by atoms with Gasteiger partial charge in [-0.1, -0.05) is 0 Å². The van der Waals surface area contributed by atoms with E-state index in [-0.39, 0.29) is 50.9 Å². The molecule has 0 amide bonds. The molecule has 0 radical (unpaired) electrons. The number of halogens is 4. The average Bonchev–Trinajstić information content (AvgIpc) is 2.18. The van der Waals surface area contributed by atoms with Crippen LogP contribution in [0.1, 0.15) is 11.1 Å². The second kappa shape index (κ2) is 8.85. The zero-order chi connectivity index (χ0) is 10.1. The van der Waals surface area contributed by atoms with E-state index >= 15 is 0 Å². The highest BCUT2D eigenvalue weighted by Crippen LogP contribution is 2.28. The maximum atomic E-state index is 4.43. The van der Waals surface area contributed by atoms with Crippen molar-refractivity contribution in [2.75, 3.05) is 25.5 Å². The van der Waals surface area contributed by atoms with Crippen molar-refractivity contribution in [3.05, 3.63) is 21.8 Å². The van der Waals surface area contributed by atoms with E-state index in [1.165, 1.54) is 11.1 Å². The topological polar surface area (TPSA) is 28.2 Å². The van der Waals surface area contributed by atoms with Crippen LogP contribution in [0.5, 0.6) is 0 Å². The van der Waals surface area contributed by atoms with E-state index in [9.17, 15) is 0 Å². The minimum absolute atomic E-state index is 0. The second-order valence-corrected chi connectivity index (χ2v) is 4.56. The molecule has 0 saturated carbocycles. The lowest BCUT2D eigenvalue weighted by atomic mass is 10.0. The molecule has 0 aliphatic carbocycles. The Hall–Kier alpha value is 0.830. The van der Waals surface area contributed by atoms with Crippen molar-refractivity contribution in [1.82, 2.24) is 10.3 Å². The Labute approximate surface area is 142 Å². The average molecular weight is 499 g/mol. The number of nitrogens with one attached hydrogen (secondary N) is 1. The van der Waals surface area contributed by atoms with Gasteiger partial charge < -0.3 is 10.2 Å². The normalized spacial score (nSPS) is 12.4. The quantitative estimate of drug-likeness (QED) is 0.644. The van der Waals surface area contributed by atoms with Crippen LogP contribution in [0.25, 0.3) is 0 Å². The number of fused-ring (bicyclic) bond motifs is 1. The summed E-state index contributed by atoms with van der Waals surface area (Å²) < 4.78 is 1.14. The Morgan fingerprint density at radius 3 is 2.47 bits per heavy atom. The van der Waals surface area contributed by atoms with E-state index < -0.39 is 0 Å². The summed E-state index contributed by atoms with van der Waals surface area (Å²) in [4.78, 5) is 6.50. The van der Waals surface area contributed by atoms with Gasteiger partial charge in [0.15, 0.2) is 0 Å². The largest absolute Gasteiger partial charge is 0.362 e. The molecule has 1 aliphatic heterocycles. The van der Waals surface area contributed by atoms with Gasteiger partial charge in [0.2, 0.25) is 0 Å². The zero-order valence-corrected chi connectivity index (χ0v) is 16.4. The summed E-state index contributed by atoms with van der Waals surface area (Å²) >= 11 is 3.56. The molecule has 1 aromatic rings. The Morgan fingerprint density at radius 2 is 1.88 bits per heavy atom. The van der Waals surface area contributed by atoms with Crippen molar-refractivity contribution in [2.24, 2.45) is 0 Å². The minimum atomic E-state index is 0. The van der Waals surface area contributed by atoms with E-state index in [0.717, 1.165) is 29.8 Å². The Kier molecular flexibility index (Phi) is 10.5. The Bertz CT molecular complexity index is 358. The van der Waals surface area contributed by atoms with Crippen LogP contribution in [-0.2, 0) is 13.0 Å². The summed E-state index contributed by atoms with van der Waals surface area (Å²) in [5.74, 6) is 1.08. The van der Waals surface area contributed by atoms with Crippen molar-refractivity contribution in [3.63, 3.8) is 0 Å². The number of nitrogens with zero attached hydrogens (tertiary/aromatic N) is 2. The molecule has 0 spiro atoms. The van der Waals surface area contributed by atoms with Crippen molar-refractivity contribution >= 4 is 72.7 Å². The predicted molar refractivity (Wildman–Crippen MR) is 92.6 cm³/mol. The van der Waals surface area contributed by atoms with E-state index in [4.69, 9.17) is 0 Å². The zero-order valence-electron chi connectivity index (χ0n) is 9.70. The van der Waals surface area contributed by atoms with Gasteiger partial charge in [-0.25, -0.2) is 4.98 Å². The van der Waals surface area contributed by atoms with Crippen LogP contribution < -0.4 is 10.2 Å². The SMILES string of the molecule is Br.Br.Br.CN(C)c1ncc(Br)c2c1CNCC2. The molecule has 3 nitrogen and oxygen atoms in total. The highest BCUT2D eigenvalue weighted by Gasteiger charge is 2.17. The van der Waals surface area contributed by atoms with Gasteiger partial charge in [0.25, 0.3) is 0 Å². The lowest BCUT2D eigenvalue weighted by molar-refractivity contribution is 0.638. The van der Waals surface area contributed by atoms with E-state index in [1.54, 1.807) is 0 Å². The maximum absolute atomic E-state index is 4.43. The molecule has 0 saturated heterocycles. The number of hydrogen-bond donors (Lipinski definition) is 1. The highest BCUT2D eigenvalue weighted by molar-refractivity contribution is 9.10. The van der Waals surface area contributed by atoms with E-state index in [0.29, 0.717) is 0 Å². The van der Waals surface area contributed by atoms with Gasteiger partial charge in [0.05, 0.1) is 0 Å². The maximum Gasteiger partial charge on any atom is 0.132 e. The monoisotopic (exact) mass is 495 g/mol. The summed E-state index contributed by atoms with van der Waals surface area (Å²) in [7, 11) is 4.07. The number of anilines is 1. The molecular weight excluding hydrogens is 482 g/mol. The lowest BCUT2D eigenvalue weighted by Crippen LogP contribution is -2.27. The molecule has 1 aromatic heterocycles. The summed E-state index contributed by atoms with van der Waals surface area (Å²) in [6.07, 6.45) is 2.98. The van der Waals surface area contributed by atoms with Crippen LogP contribution >= 0.6 is 66.9 Å². The molecule has 0 atom stereocenters. The third-order valence-electron chi connectivity index (χ3n) is 2.50. The standard InChI is InChI=1S/C10H14BrN3.3BrH/c1-14(2)10-8-5-12-4-3-7(8)9(11)6-13-10;;;/h6,12H,3-5H2,1-2H3;3*1H. The molecule has 1 N–H and O–H groups in total. The van der Waals surface area contributed by atoms with Crippen LogP contribution in [0.3, 0.4) is 0 Å². The van der Waals surface area contributed by atoms with Gasteiger partial charge in [-0.3, -0.25) is 0 Å². The van der Waals surface area contributed by atoms with Crippen LogP contribution in [0, 0.1) is 0 Å². The summed E-state index contributed by atoms with van der Waals surface area (Å²) in [5.41, 5.74) is 2.73. The van der Waals surface area contributed by atoms with Crippen molar-refractivity contribution < 1.29 is 0 Å². The van der Waals surface area contributed by atoms with Crippen LogP contribution in [0.15, 0.2) is 10.7 Å². The van der Waals surface area contributed by atoms with Gasteiger partial charge in [-0.2, -0.15) is 0 Å². The molecule has 7 heteroatoms. The van der Waals surface area contributed by atoms with Gasteiger partial charge in [-0.05, 0) is 34.5 Å².